The smallest absolute Gasteiger partial charge is 0.326 e. The summed E-state index contributed by atoms with van der Waals surface area (Å²) >= 11 is 6.69. The Morgan fingerprint density at radius 2 is 2.00 bits per heavy atom. The van der Waals surface area contributed by atoms with E-state index in [1.54, 1.807) is 4.57 Å². The van der Waals surface area contributed by atoms with Crippen molar-refractivity contribution in [2.24, 2.45) is 0 Å². The second-order valence-electron chi connectivity index (χ2n) is 5.35. The van der Waals surface area contributed by atoms with Crippen LogP contribution in [0.1, 0.15) is 12.0 Å². The van der Waals surface area contributed by atoms with Gasteiger partial charge in [0, 0.05) is 18.7 Å². The SMILES string of the molecule is O=C(CCn1c(-c2cccs2)n[nH]c1=S)Nc1ccc(C(F)(F)F)cc1. The minimum Gasteiger partial charge on any atom is -0.326 e. The third kappa shape index (κ3) is 4.20. The number of amides is 1. The Morgan fingerprint density at radius 1 is 1.27 bits per heavy atom. The fourth-order valence-corrected chi connectivity index (χ4v) is 3.24. The number of hydrogen-bond acceptors (Lipinski definition) is 4. The Kier molecular flexibility index (Phi) is 5.23. The molecule has 0 saturated carbocycles. The van der Waals surface area contributed by atoms with Gasteiger partial charge in [-0.2, -0.15) is 18.3 Å². The summed E-state index contributed by atoms with van der Waals surface area (Å²) in [4.78, 5) is 13.0. The largest absolute Gasteiger partial charge is 0.416 e. The second kappa shape index (κ2) is 7.42. The lowest BCUT2D eigenvalue weighted by Gasteiger charge is -2.09. The van der Waals surface area contributed by atoms with E-state index in [-0.39, 0.29) is 12.3 Å². The van der Waals surface area contributed by atoms with Gasteiger partial charge < -0.3 is 5.32 Å². The van der Waals surface area contributed by atoms with Crippen molar-refractivity contribution in [3.63, 3.8) is 0 Å². The molecule has 2 heterocycles. The van der Waals surface area contributed by atoms with Gasteiger partial charge in [0.05, 0.1) is 10.4 Å². The zero-order chi connectivity index (χ0) is 18.7. The number of benzene rings is 1. The summed E-state index contributed by atoms with van der Waals surface area (Å²) in [6.07, 6.45) is -4.30. The van der Waals surface area contributed by atoms with E-state index >= 15 is 0 Å². The molecular formula is C16H13F3N4OS2. The van der Waals surface area contributed by atoms with E-state index in [1.807, 2.05) is 17.5 Å². The van der Waals surface area contributed by atoms with Gasteiger partial charge in [-0.3, -0.25) is 14.5 Å². The predicted octanol–water partition coefficient (Wildman–Crippen LogP) is 4.72. The van der Waals surface area contributed by atoms with E-state index in [2.05, 4.69) is 15.5 Å². The molecule has 2 N–H and O–H groups in total. The summed E-state index contributed by atoms with van der Waals surface area (Å²) in [5.74, 6) is 0.317. The molecule has 0 aliphatic carbocycles. The first kappa shape index (κ1) is 18.3. The Balaban J connectivity index is 1.63. The Morgan fingerprint density at radius 3 is 2.62 bits per heavy atom. The van der Waals surface area contributed by atoms with Crippen LogP contribution in [0.25, 0.3) is 10.7 Å². The predicted molar refractivity (Wildman–Crippen MR) is 95.4 cm³/mol. The summed E-state index contributed by atoms with van der Waals surface area (Å²) in [6, 6.07) is 8.09. The van der Waals surface area contributed by atoms with Crippen molar-refractivity contribution < 1.29 is 18.0 Å². The maximum Gasteiger partial charge on any atom is 0.416 e. The molecule has 5 nitrogen and oxygen atoms in total. The lowest BCUT2D eigenvalue weighted by molar-refractivity contribution is -0.137. The van der Waals surface area contributed by atoms with Crippen molar-refractivity contribution in [1.29, 1.82) is 0 Å². The van der Waals surface area contributed by atoms with E-state index in [9.17, 15) is 18.0 Å². The van der Waals surface area contributed by atoms with Gasteiger partial charge in [-0.25, -0.2) is 0 Å². The van der Waals surface area contributed by atoms with E-state index in [0.29, 0.717) is 22.8 Å². The number of H-pyrrole nitrogens is 1. The number of hydrogen-bond donors (Lipinski definition) is 2. The molecule has 1 aromatic carbocycles. The minimum absolute atomic E-state index is 0.104. The van der Waals surface area contributed by atoms with Gasteiger partial charge in [0.15, 0.2) is 10.6 Å². The van der Waals surface area contributed by atoms with Crippen LogP contribution in [0.4, 0.5) is 18.9 Å². The summed E-state index contributed by atoms with van der Waals surface area (Å²) < 4.78 is 39.7. The number of halogens is 3. The number of nitrogens with zero attached hydrogens (tertiary/aromatic N) is 2. The number of anilines is 1. The molecule has 0 aliphatic rings. The van der Waals surface area contributed by atoms with Crippen LogP contribution in [0.3, 0.4) is 0 Å². The lowest BCUT2D eigenvalue weighted by Crippen LogP contribution is -2.15. The maximum absolute atomic E-state index is 12.5. The van der Waals surface area contributed by atoms with Crippen LogP contribution in [0.5, 0.6) is 0 Å². The molecule has 136 valence electrons. The highest BCUT2D eigenvalue weighted by Crippen LogP contribution is 2.29. The van der Waals surface area contributed by atoms with Gasteiger partial charge in [0.1, 0.15) is 0 Å². The number of aromatic nitrogens is 3. The van der Waals surface area contributed by atoms with Gasteiger partial charge in [-0.15, -0.1) is 11.3 Å². The van der Waals surface area contributed by atoms with E-state index in [0.717, 1.165) is 17.0 Å². The quantitative estimate of drug-likeness (QED) is 0.612. The van der Waals surface area contributed by atoms with Crippen LogP contribution in [0, 0.1) is 4.77 Å². The average Bonchev–Trinajstić information content (AvgIpc) is 3.22. The molecule has 26 heavy (non-hydrogen) atoms. The van der Waals surface area contributed by atoms with E-state index in [1.165, 1.54) is 23.5 Å². The molecule has 1 amide bonds. The topological polar surface area (TPSA) is 62.7 Å². The number of aromatic amines is 1. The third-order valence-electron chi connectivity index (χ3n) is 3.56. The van der Waals surface area contributed by atoms with E-state index in [4.69, 9.17) is 12.2 Å². The molecule has 0 radical (unpaired) electrons. The number of carbonyl (C=O) groups excluding carboxylic acids is 1. The molecule has 0 saturated heterocycles. The van der Waals surface area contributed by atoms with Crippen molar-refractivity contribution in [2.45, 2.75) is 19.1 Å². The Labute approximate surface area is 155 Å². The zero-order valence-electron chi connectivity index (χ0n) is 13.2. The molecule has 3 aromatic rings. The van der Waals surface area contributed by atoms with Crippen LogP contribution >= 0.6 is 23.6 Å². The van der Waals surface area contributed by atoms with Gasteiger partial charge >= 0.3 is 6.18 Å². The monoisotopic (exact) mass is 398 g/mol. The average molecular weight is 398 g/mol. The van der Waals surface area contributed by atoms with Crippen molar-refractivity contribution >= 4 is 35.1 Å². The van der Waals surface area contributed by atoms with Crippen molar-refractivity contribution in [1.82, 2.24) is 14.8 Å². The van der Waals surface area contributed by atoms with E-state index < -0.39 is 11.7 Å². The van der Waals surface area contributed by atoms with Gasteiger partial charge in [-0.05, 0) is 47.9 Å². The van der Waals surface area contributed by atoms with Gasteiger partial charge in [0.25, 0.3) is 0 Å². The highest BCUT2D eigenvalue weighted by molar-refractivity contribution is 7.71. The van der Waals surface area contributed by atoms with Crippen molar-refractivity contribution in [2.75, 3.05) is 5.32 Å². The molecule has 0 aliphatic heterocycles. The summed E-state index contributed by atoms with van der Waals surface area (Å²) in [6.45, 7) is 0.301. The van der Waals surface area contributed by atoms with Gasteiger partial charge in [0.2, 0.25) is 5.91 Å². The molecular weight excluding hydrogens is 385 g/mol. The Hall–Kier alpha value is -2.46. The number of rotatable bonds is 5. The highest BCUT2D eigenvalue weighted by Gasteiger charge is 2.29. The van der Waals surface area contributed by atoms with Crippen LogP contribution in [-0.2, 0) is 17.5 Å². The summed E-state index contributed by atoms with van der Waals surface area (Å²) in [5.41, 5.74) is -0.460. The molecule has 0 spiro atoms. The number of alkyl halides is 3. The molecule has 0 unspecified atom stereocenters. The Bertz CT molecular complexity index is 943. The van der Waals surface area contributed by atoms with Crippen LogP contribution in [0.2, 0.25) is 0 Å². The third-order valence-corrected chi connectivity index (χ3v) is 4.74. The van der Waals surface area contributed by atoms with Crippen LogP contribution in [-0.4, -0.2) is 20.7 Å². The lowest BCUT2D eigenvalue weighted by atomic mass is 10.2. The van der Waals surface area contributed by atoms with Crippen LogP contribution < -0.4 is 5.32 Å². The van der Waals surface area contributed by atoms with Crippen molar-refractivity contribution in [3.8, 4) is 10.7 Å². The standard InChI is InChI=1S/C16H13F3N4OS2/c17-16(18,19)10-3-5-11(6-4-10)20-13(24)7-8-23-14(21-22-15(23)25)12-2-1-9-26-12/h1-6,9H,7-8H2,(H,20,24)(H,22,25). The molecule has 3 rings (SSSR count). The van der Waals surface area contributed by atoms with Gasteiger partial charge in [-0.1, -0.05) is 6.07 Å². The minimum atomic E-state index is -4.40. The number of carbonyl (C=O) groups is 1. The summed E-state index contributed by atoms with van der Waals surface area (Å²) in [5, 5.41) is 11.4. The zero-order valence-corrected chi connectivity index (χ0v) is 14.8. The first-order valence-electron chi connectivity index (χ1n) is 7.51. The second-order valence-corrected chi connectivity index (χ2v) is 6.69. The normalized spacial score (nSPS) is 11.5. The molecule has 0 fully saturated rings. The first-order valence-corrected chi connectivity index (χ1v) is 8.79. The molecule has 10 heteroatoms. The number of thiophene rings is 1. The molecule has 0 atom stereocenters. The molecule has 0 bridgehead atoms. The van der Waals surface area contributed by atoms with Crippen molar-refractivity contribution in [3.05, 3.63) is 52.1 Å². The first-order chi connectivity index (χ1) is 12.3. The number of nitrogens with one attached hydrogen (secondary N) is 2. The molecule has 2 aromatic heterocycles. The highest BCUT2D eigenvalue weighted by atomic mass is 32.1. The fraction of sp³-hybridized carbons (Fsp3) is 0.188. The van der Waals surface area contributed by atoms with Crippen LogP contribution in [0.15, 0.2) is 41.8 Å². The fourth-order valence-electron chi connectivity index (χ4n) is 2.30. The maximum atomic E-state index is 12.5. The summed E-state index contributed by atoms with van der Waals surface area (Å²) in [7, 11) is 0.